The van der Waals surface area contributed by atoms with Crippen LogP contribution >= 0.6 is 27.5 Å². The van der Waals surface area contributed by atoms with Gasteiger partial charge >= 0.3 is 5.97 Å². The lowest BCUT2D eigenvalue weighted by atomic mass is 10.0. The standard InChI is InChI=1S/C10H9BrClNO3/c11-8-3-6(12)1-2-7(8)9(13-5-14)4-10(15)16/h1-3,5,9H,4H2,(H,13,14)(H,15,16). The van der Waals surface area contributed by atoms with Crippen molar-refractivity contribution in [1.29, 1.82) is 0 Å². The third kappa shape index (κ3) is 3.50. The lowest BCUT2D eigenvalue weighted by molar-refractivity contribution is -0.137. The molecule has 0 aliphatic carbocycles. The lowest BCUT2D eigenvalue weighted by Gasteiger charge is -2.16. The van der Waals surface area contributed by atoms with Crippen LogP contribution in [0.15, 0.2) is 22.7 Å². The van der Waals surface area contributed by atoms with Crippen LogP contribution in [0.5, 0.6) is 0 Å². The molecule has 0 aromatic heterocycles. The molecule has 0 spiro atoms. The molecule has 0 fully saturated rings. The molecule has 0 heterocycles. The molecule has 1 unspecified atom stereocenters. The second-order valence-electron chi connectivity index (χ2n) is 3.10. The van der Waals surface area contributed by atoms with E-state index >= 15 is 0 Å². The largest absolute Gasteiger partial charge is 0.481 e. The quantitative estimate of drug-likeness (QED) is 0.821. The van der Waals surface area contributed by atoms with Gasteiger partial charge in [-0.3, -0.25) is 9.59 Å². The van der Waals surface area contributed by atoms with Crippen LogP contribution in [0, 0.1) is 0 Å². The molecule has 4 nitrogen and oxygen atoms in total. The van der Waals surface area contributed by atoms with E-state index in [1.807, 2.05) is 0 Å². The maximum Gasteiger partial charge on any atom is 0.305 e. The van der Waals surface area contributed by atoms with Crippen molar-refractivity contribution in [2.45, 2.75) is 12.5 Å². The van der Waals surface area contributed by atoms with Crippen molar-refractivity contribution < 1.29 is 14.7 Å². The number of hydrogen-bond donors (Lipinski definition) is 2. The normalized spacial score (nSPS) is 11.9. The maximum absolute atomic E-state index is 10.6. The zero-order valence-electron chi connectivity index (χ0n) is 8.11. The number of carbonyl (C=O) groups excluding carboxylic acids is 1. The molecule has 1 rings (SSSR count). The highest BCUT2D eigenvalue weighted by molar-refractivity contribution is 9.10. The third-order valence-corrected chi connectivity index (χ3v) is 2.91. The monoisotopic (exact) mass is 305 g/mol. The summed E-state index contributed by atoms with van der Waals surface area (Å²) in [6, 6.07) is 4.40. The Kier molecular flexibility index (Phi) is 4.76. The van der Waals surface area contributed by atoms with Gasteiger partial charge in [-0.1, -0.05) is 33.6 Å². The minimum atomic E-state index is -0.985. The second kappa shape index (κ2) is 5.86. The highest BCUT2D eigenvalue weighted by Gasteiger charge is 2.17. The van der Waals surface area contributed by atoms with Gasteiger partial charge in [0, 0.05) is 9.50 Å². The first-order valence-corrected chi connectivity index (χ1v) is 5.58. The Hall–Kier alpha value is -1.07. The SMILES string of the molecule is O=CNC(CC(=O)O)c1ccc(Cl)cc1Br. The van der Waals surface area contributed by atoms with Gasteiger partial charge in [0.1, 0.15) is 0 Å². The lowest BCUT2D eigenvalue weighted by Crippen LogP contribution is -2.22. The van der Waals surface area contributed by atoms with E-state index in [1.54, 1.807) is 18.2 Å². The first-order chi connectivity index (χ1) is 7.54. The van der Waals surface area contributed by atoms with Crippen molar-refractivity contribution in [2.24, 2.45) is 0 Å². The summed E-state index contributed by atoms with van der Waals surface area (Å²) < 4.78 is 0.667. The molecule has 1 aromatic carbocycles. The van der Waals surface area contributed by atoms with Gasteiger partial charge in [0.05, 0.1) is 12.5 Å². The summed E-state index contributed by atoms with van der Waals surface area (Å²) in [5.74, 6) is -0.985. The van der Waals surface area contributed by atoms with Gasteiger partial charge in [-0.25, -0.2) is 0 Å². The highest BCUT2D eigenvalue weighted by Crippen LogP contribution is 2.28. The Labute approximate surface area is 106 Å². The molecule has 0 radical (unpaired) electrons. The number of nitrogens with one attached hydrogen (secondary N) is 1. The molecule has 0 aliphatic heterocycles. The number of carboxylic acids is 1. The van der Waals surface area contributed by atoms with E-state index in [0.29, 0.717) is 21.5 Å². The summed E-state index contributed by atoms with van der Waals surface area (Å²) in [6.45, 7) is 0. The molecule has 1 atom stereocenters. The van der Waals surface area contributed by atoms with Crippen molar-refractivity contribution in [1.82, 2.24) is 5.32 Å². The highest BCUT2D eigenvalue weighted by atomic mass is 79.9. The van der Waals surface area contributed by atoms with Gasteiger partial charge in [0.2, 0.25) is 6.41 Å². The number of halogens is 2. The molecule has 1 aromatic rings. The average molecular weight is 307 g/mol. The van der Waals surface area contributed by atoms with E-state index < -0.39 is 12.0 Å². The molecule has 0 bridgehead atoms. The van der Waals surface area contributed by atoms with Crippen LogP contribution in [0.2, 0.25) is 5.02 Å². The molecule has 0 saturated carbocycles. The Morgan fingerprint density at radius 2 is 2.31 bits per heavy atom. The number of aliphatic carboxylic acids is 1. The van der Waals surface area contributed by atoms with Crippen LogP contribution in [0.25, 0.3) is 0 Å². The minimum absolute atomic E-state index is 0.182. The van der Waals surface area contributed by atoms with Gasteiger partial charge < -0.3 is 10.4 Å². The van der Waals surface area contributed by atoms with Crippen molar-refractivity contribution in [3.63, 3.8) is 0 Å². The van der Waals surface area contributed by atoms with Gasteiger partial charge in [0.25, 0.3) is 0 Å². The Balaban J connectivity index is 3.00. The first-order valence-electron chi connectivity index (χ1n) is 4.41. The van der Waals surface area contributed by atoms with Crippen molar-refractivity contribution in [2.75, 3.05) is 0 Å². The van der Waals surface area contributed by atoms with Crippen molar-refractivity contribution in [3.05, 3.63) is 33.3 Å². The molecule has 1 amide bonds. The van der Waals surface area contributed by atoms with Gasteiger partial charge in [-0.2, -0.15) is 0 Å². The van der Waals surface area contributed by atoms with Crippen molar-refractivity contribution >= 4 is 39.9 Å². The third-order valence-electron chi connectivity index (χ3n) is 1.99. The molecule has 0 saturated heterocycles. The summed E-state index contributed by atoms with van der Waals surface area (Å²) in [5, 5.41) is 11.7. The Morgan fingerprint density at radius 3 is 2.81 bits per heavy atom. The van der Waals surface area contributed by atoms with Crippen molar-refractivity contribution in [3.8, 4) is 0 Å². The first kappa shape index (κ1) is 13.0. The number of carboxylic acid groups (broad SMARTS) is 1. The topological polar surface area (TPSA) is 66.4 Å². The zero-order chi connectivity index (χ0) is 12.1. The number of benzene rings is 1. The fraction of sp³-hybridized carbons (Fsp3) is 0.200. The molecular weight excluding hydrogens is 297 g/mol. The van der Waals surface area contributed by atoms with Crippen LogP contribution in [-0.4, -0.2) is 17.5 Å². The van der Waals surface area contributed by atoms with Crippen LogP contribution in [0.1, 0.15) is 18.0 Å². The summed E-state index contributed by atoms with van der Waals surface area (Å²) >= 11 is 9.04. The van der Waals surface area contributed by atoms with Gasteiger partial charge in [-0.15, -0.1) is 0 Å². The molecule has 16 heavy (non-hydrogen) atoms. The second-order valence-corrected chi connectivity index (χ2v) is 4.39. The number of hydrogen-bond acceptors (Lipinski definition) is 2. The van der Waals surface area contributed by atoms with Gasteiger partial charge in [0.15, 0.2) is 0 Å². The van der Waals surface area contributed by atoms with E-state index in [4.69, 9.17) is 16.7 Å². The Morgan fingerprint density at radius 1 is 1.62 bits per heavy atom. The Bertz CT molecular complexity index is 411. The minimum Gasteiger partial charge on any atom is -0.481 e. The predicted octanol–water partition coefficient (Wildman–Crippen LogP) is 2.36. The zero-order valence-corrected chi connectivity index (χ0v) is 10.5. The smallest absolute Gasteiger partial charge is 0.305 e. The van der Waals surface area contributed by atoms with E-state index in [1.165, 1.54) is 0 Å². The summed E-state index contributed by atoms with van der Waals surface area (Å²) in [5.41, 5.74) is 0.680. The van der Waals surface area contributed by atoms with E-state index in [0.717, 1.165) is 0 Å². The maximum atomic E-state index is 10.6. The molecular formula is C10H9BrClNO3. The fourth-order valence-corrected chi connectivity index (χ4v) is 2.26. The molecule has 0 aliphatic rings. The fourth-order valence-electron chi connectivity index (χ4n) is 1.30. The van der Waals surface area contributed by atoms with Gasteiger partial charge in [-0.05, 0) is 17.7 Å². The van der Waals surface area contributed by atoms with E-state index in [9.17, 15) is 9.59 Å². The number of carbonyl (C=O) groups is 2. The summed E-state index contributed by atoms with van der Waals surface area (Å²) in [4.78, 5) is 21.0. The predicted molar refractivity (Wildman–Crippen MR) is 63.3 cm³/mol. The van der Waals surface area contributed by atoms with Crippen LogP contribution in [0.4, 0.5) is 0 Å². The molecule has 86 valence electrons. The molecule has 6 heteroatoms. The van der Waals surface area contributed by atoms with Crippen LogP contribution < -0.4 is 5.32 Å². The van der Waals surface area contributed by atoms with E-state index in [-0.39, 0.29) is 6.42 Å². The number of amides is 1. The molecule has 2 N–H and O–H groups in total. The summed E-state index contributed by atoms with van der Waals surface area (Å²) in [7, 11) is 0. The van der Waals surface area contributed by atoms with E-state index in [2.05, 4.69) is 21.2 Å². The van der Waals surface area contributed by atoms with Crippen LogP contribution in [-0.2, 0) is 9.59 Å². The number of rotatable bonds is 5. The average Bonchev–Trinajstić information content (AvgIpc) is 2.16. The van der Waals surface area contributed by atoms with Crippen LogP contribution in [0.3, 0.4) is 0 Å². The summed E-state index contributed by atoms with van der Waals surface area (Å²) in [6.07, 6.45) is 0.299.